The summed E-state index contributed by atoms with van der Waals surface area (Å²) in [4.78, 5) is 4.12. The van der Waals surface area contributed by atoms with Crippen LogP contribution in [-0.2, 0) is 18.0 Å². The fraction of sp³-hybridized carbons (Fsp3) is 0.333. The lowest BCUT2D eigenvalue weighted by Gasteiger charge is -2.05. The summed E-state index contributed by atoms with van der Waals surface area (Å²) in [5.41, 5.74) is 6.32. The predicted molar refractivity (Wildman–Crippen MR) is 64.8 cm³/mol. The summed E-state index contributed by atoms with van der Waals surface area (Å²) < 4.78 is 15.7. The Morgan fingerprint density at radius 2 is 2.11 bits per heavy atom. The van der Waals surface area contributed by atoms with Gasteiger partial charge >= 0.3 is 0 Å². The smallest absolute Gasteiger partial charge is 0.264 e. The van der Waals surface area contributed by atoms with E-state index >= 15 is 0 Å². The van der Waals surface area contributed by atoms with Crippen LogP contribution < -0.4 is 10.5 Å². The van der Waals surface area contributed by atoms with E-state index in [2.05, 4.69) is 10.1 Å². The minimum absolute atomic E-state index is 0.188. The molecule has 0 fully saturated rings. The van der Waals surface area contributed by atoms with Crippen molar-refractivity contribution in [3.05, 3.63) is 36.0 Å². The zero-order valence-electron chi connectivity index (χ0n) is 10.1. The van der Waals surface area contributed by atoms with Gasteiger partial charge in [-0.2, -0.15) is 4.98 Å². The average molecular weight is 249 g/mol. The average Bonchev–Trinajstić information content (AvgIpc) is 2.83. The second-order valence-corrected chi connectivity index (χ2v) is 3.57. The van der Waals surface area contributed by atoms with Crippen molar-refractivity contribution in [3.8, 4) is 5.75 Å². The molecule has 18 heavy (non-hydrogen) atoms. The van der Waals surface area contributed by atoms with E-state index in [-0.39, 0.29) is 6.61 Å². The first kappa shape index (κ1) is 12.4. The molecule has 0 amide bonds. The molecule has 2 N–H and O–H groups in total. The second kappa shape index (κ2) is 6.02. The summed E-state index contributed by atoms with van der Waals surface area (Å²) in [6.07, 6.45) is 0. The molecule has 0 atom stereocenters. The van der Waals surface area contributed by atoms with Crippen LogP contribution in [0.4, 0.5) is 5.69 Å². The quantitative estimate of drug-likeness (QED) is 0.785. The molecular weight excluding hydrogens is 234 g/mol. The van der Waals surface area contributed by atoms with Gasteiger partial charge in [0.1, 0.15) is 12.4 Å². The molecule has 0 unspecified atom stereocenters. The number of ether oxygens (including phenoxy) is 2. The van der Waals surface area contributed by atoms with Crippen LogP contribution >= 0.6 is 0 Å². The SMILES string of the molecule is CCOCc1noc(COc2ccccc2N)n1. The van der Waals surface area contributed by atoms with E-state index in [0.717, 1.165) is 0 Å². The molecule has 2 rings (SSSR count). The highest BCUT2D eigenvalue weighted by atomic mass is 16.5. The van der Waals surface area contributed by atoms with Crippen LogP contribution in [0.3, 0.4) is 0 Å². The molecule has 0 radical (unpaired) electrons. The molecule has 6 nitrogen and oxygen atoms in total. The summed E-state index contributed by atoms with van der Waals surface area (Å²) >= 11 is 0. The highest BCUT2D eigenvalue weighted by Crippen LogP contribution is 2.20. The third-order valence-electron chi connectivity index (χ3n) is 2.22. The molecule has 0 aliphatic rings. The minimum Gasteiger partial charge on any atom is -0.482 e. The van der Waals surface area contributed by atoms with Crippen molar-refractivity contribution in [2.45, 2.75) is 20.1 Å². The van der Waals surface area contributed by atoms with E-state index in [4.69, 9.17) is 19.7 Å². The summed E-state index contributed by atoms with van der Waals surface area (Å²) in [5, 5.41) is 3.77. The second-order valence-electron chi connectivity index (χ2n) is 3.57. The van der Waals surface area contributed by atoms with Crippen molar-refractivity contribution in [2.24, 2.45) is 0 Å². The highest BCUT2D eigenvalue weighted by molar-refractivity contribution is 5.51. The minimum atomic E-state index is 0.188. The maximum absolute atomic E-state index is 5.74. The largest absolute Gasteiger partial charge is 0.482 e. The number of rotatable bonds is 6. The van der Waals surface area contributed by atoms with Gasteiger partial charge in [0.15, 0.2) is 12.4 Å². The van der Waals surface area contributed by atoms with Crippen molar-refractivity contribution in [2.75, 3.05) is 12.3 Å². The number of benzene rings is 1. The molecule has 0 saturated carbocycles. The number of para-hydroxylation sites is 2. The molecule has 0 aliphatic carbocycles. The Hall–Kier alpha value is -2.08. The number of hydrogen-bond acceptors (Lipinski definition) is 6. The Balaban J connectivity index is 1.90. The van der Waals surface area contributed by atoms with E-state index in [1.165, 1.54) is 0 Å². The van der Waals surface area contributed by atoms with Gasteiger partial charge in [0.2, 0.25) is 0 Å². The third-order valence-corrected chi connectivity index (χ3v) is 2.22. The fourth-order valence-electron chi connectivity index (χ4n) is 1.35. The normalized spacial score (nSPS) is 10.5. The Bertz CT molecular complexity index is 499. The maximum atomic E-state index is 5.74. The van der Waals surface area contributed by atoms with Crippen LogP contribution in [0.25, 0.3) is 0 Å². The molecule has 0 saturated heterocycles. The highest BCUT2D eigenvalue weighted by Gasteiger charge is 2.07. The lowest BCUT2D eigenvalue weighted by atomic mass is 10.3. The lowest BCUT2D eigenvalue weighted by molar-refractivity contribution is 0.126. The summed E-state index contributed by atoms with van der Waals surface area (Å²) in [6.45, 7) is 3.05. The molecule has 0 bridgehead atoms. The van der Waals surface area contributed by atoms with Gasteiger partial charge in [0.25, 0.3) is 5.89 Å². The monoisotopic (exact) mass is 249 g/mol. The van der Waals surface area contributed by atoms with E-state index in [0.29, 0.717) is 36.4 Å². The Kier molecular flexibility index (Phi) is 4.14. The van der Waals surface area contributed by atoms with Crippen LogP contribution in [0, 0.1) is 0 Å². The summed E-state index contributed by atoms with van der Waals surface area (Å²) in [7, 11) is 0. The van der Waals surface area contributed by atoms with Crippen LogP contribution in [0.15, 0.2) is 28.8 Å². The zero-order valence-corrected chi connectivity index (χ0v) is 10.1. The van der Waals surface area contributed by atoms with Crippen LogP contribution in [-0.4, -0.2) is 16.7 Å². The van der Waals surface area contributed by atoms with E-state index in [1.807, 2.05) is 19.1 Å². The molecule has 0 aliphatic heterocycles. The van der Waals surface area contributed by atoms with Gasteiger partial charge in [-0.15, -0.1) is 0 Å². The molecule has 1 aromatic carbocycles. The molecular formula is C12H15N3O3. The molecule has 6 heteroatoms. The van der Waals surface area contributed by atoms with E-state index < -0.39 is 0 Å². The first-order valence-corrected chi connectivity index (χ1v) is 5.66. The van der Waals surface area contributed by atoms with Crippen molar-refractivity contribution in [1.29, 1.82) is 0 Å². The maximum Gasteiger partial charge on any atom is 0.264 e. The van der Waals surface area contributed by atoms with Gasteiger partial charge in [-0.3, -0.25) is 0 Å². The van der Waals surface area contributed by atoms with Crippen molar-refractivity contribution in [3.63, 3.8) is 0 Å². The number of nitrogens with zero attached hydrogens (tertiary/aromatic N) is 2. The number of hydrogen-bond donors (Lipinski definition) is 1. The molecule has 1 aromatic heterocycles. The number of anilines is 1. The lowest BCUT2D eigenvalue weighted by Crippen LogP contribution is -1.99. The molecule has 0 spiro atoms. The van der Waals surface area contributed by atoms with Gasteiger partial charge in [0, 0.05) is 6.61 Å². The third kappa shape index (κ3) is 3.21. The molecule has 96 valence electrons. The van der Waals surface area contributed by atoms with Gasteiger partial charge in [-0.25, -0.2) is 0 Å². The van der Waals surface area contributed by atoms with Gasteiger partial charge in [-0.05, 0) is 19.1 Å². The Morgan fingerprint density at radius 3 is 2.89 bits per heavy atom. The topological polar surface area (TPSA) is 83.4 Å². The summed E-state index contributed by atoms with van der Waals surface area (Å²) in [6, 6.07) is 7.24. The standard InChI is InChI=1S/C12H15N3O3/c1-2-16-7-11-14-12(18-15-11)8-17-10-6-4-3-5-9(10)13/h3-6H,2,7-8,13H2,1H3. The Morgan fingerprint density at radius 1 is 1.28 bits per heavy atom. The van der Waals surface area contributed by atoms with E-state index in [9.17, 15) is 0 Å². The van der Waals surface area contributed by atoms with Crippen LogP contribution in [0.2, 0.25) is 0 Å². The van der Waals surface area contributed by atoms with Crippen LogP contribution in [0.1, 0.15) is 18.6 Å². The number of nitrogen functional groups attached to an aromatic ring is 1. The first-order chi connectivity index (χ1) is 8.79. The zero-order chi connectivity index (χ0) is 12.8. The molecule has 2 aromatic rings. The fourth-order valence-corrected chi connectivity index (χ4v) is 1.35. The van der Waals surface area contributed by atoms with E-state index in [1.54, 1.807) is 12.1 Å². The predicted octanol–water partition coefficient (Wildman–Crippen LogP) is 1.77. The first-order valence-electron chi connectivity index (χ1n) is 5.66. The number of aromatic nitrogens is 2. The van der Waals surface area contributed by atoms with Crippen molar-refractivity contribution < 1.29 is 14.0 Å². The number of nitrogens with two attached hydrogens (primary N) is 1. The van der Waals surface area contributed by atoms with Gasteiger partial charge in [-0.1, -0.05) is 17.3 Å². The van der Waals surface area contributed by atoms with Gasteiger partial charge < -0.3 is 19.7 Å². The summed E-state index contributed by atoms with van der Waals surface area (Å²) in [5.74, 6) is 1.51. The van der Waals surface area contributed by atoms with Gasteiger partial charge in [0.05, 0.1) is 5.69 Å². The van der Waals surface area contributed by atoms with Crippen LogP contribution in [0.5, 0.6) is 5.75 Å². The van der Waals surface area contributed by atoms with Crippen molar-refractivity contribution >= 4 is 5.69 Å². The van der Waals surface area contributed by atoms with Crippen molar-refractivity contribution in [1.82, 2.24) is 10.1 Å². The molecule has 1 heterocycles. The Labute approximate surface area is 105 Å².